The van der Waals surface area contributed by atoms with Crippen LogP contribution < -0.4 is 30.0 Å². The second kappa shape index (κ2) is 8.64. The number of rotatable bonds is 6. The highest BCUT2D eigenvalue weighted by Crippen LogP contribution is 2.40. The average molecular weight is 529 g/mol. The Kier molecular flexibility index (Phi) is 5.71. The number of sulfonamides is 2. The van der Waals surface area contributed by atoms with Gasteiger partial charge in [-0.15, -0.1) is 0 Å². The van der Waals surface area contributed by atoms with Gasteiger partial charge in [0, 0.05) is 11.4 Å². The van der Waals surface area contributed by atoms with E-state index in [9.17, 15) is 21.6 Å². The molecule has 0 saturated heterocycles. The number of nitrogens with two attached hydrogens (primary N) is 2. The summed E-state index contributed by atoms with van der Waals surface area (Å²) in [6, 6.07) is 16.0. The third-order valence-corrected chi connectivity index (χ3v) is 7.55. The van der Waals surface area contributed by atoms with Crippen molar-refractivity contribution in [2.24, 2.45) is 10.3 Å². The Bertz CT molecular complexity index is 1600. The average Bonchev–Trinajstić information content (AvgIpc) is 3.42. The molecule has 0 saturated carbocycles. The molecule has 1 unspecified atom stereocenters. The summed E-state index contributed by atoms with van der Waals surface area (Å²) in [7, 11) is -7.76. The lowest BCUT2D eigenvalue weighted by Crippen LogP contribution is -2.30. The van der Waals surface area contributed by atoms with Crippen molar-refractivity contribution in [2.45, 2.75) is 15.8 Å². The summed E-state index contributed by atoms with van der Waals surface area (Å²) >= 11 is 0. The van der Waals surface area contributed by atoms with Crippen LogP contribution in [0.1, 0.15) is 11.6 Å². The van der Waals surface area contributed by atoms with Crippen LogP contribution in [0.15, 0.2) is 88.3 Å². The summed E-state index contributed by atoms with van der Waals surface area (Å²) < 4.78 is 57.3. The highest BCUT2D eigenvalue weighted by molar-refractivity contribution is 7.89. The molecule has 2 heterocycles. The van der Waals surface area contributed by atoms with Crippen molar-refractivity contribution in [1.82, 2.24) is 0 Å². The number of carbonyl (C=O) groups is 1. The number of fused-ring (bicyclic) bond motifs is 1. The Morgan fingerprint density at radius 2 is 1.39 bits per heavy atom. The van der Waals surface area contributed by atoms with Gasteiger partial charge in [0.1, 0.15) is 5.70 Å². The van der Waals surface area contributed by atoms with E-state index >= 15 is 0 Å². The smallest absolute Gasteiger partial charge is 0.275 e. The molecule has 0 spiro atoms. The molecule has 2 aliphatic rings. The minimum Gasteiger partial charge on any atom is -0.454 e. The maximum atomic E-state index is 13.5. The number of nitrogens with one attached hydrogen (secondary N) is 1. The molecule has 36 heavy (non-hydrogen) atoms. The lowest BCUT2D eigenvalue weighted by atomic mass is 10.1. The van der Waals surface area contributed by atoms with Crippen molar-refractivity contribution in [3.63, 3.8) is 0 Å². The van der Waals surface area contributed by atoms with Crippen LogP contribution in [0.4, 0.5) is 11.4 Å². The number of hydrogen-bond acceptors (Lipinski definition) is 8. The van der Waals surface area contributed by atoms with Crippen LogP contribution in [0.5, 0.6) is 11.5 Å². The fourth-order valence-electron chi connectivity index (χ4n) is 3.96. The van der Waals surface area contributed by atoms with E-state index in [1.165, 1.54) is 53.4 Å². The van der Waals surface area contributed by atoms with Gasteiger partial charge in [0.2, 0.25) is 26.8 Å². The Balaban J connectivity index is 1.52. The van der Waals surface area contributed by atoms with Gasteiger partial charge in [0.15, 0.2) is 11.5 Å². The molecule has 11 nitrogen and oxygen atoms in total. The first-order valence-electron chi connectivity index (χ1n) is 10.5. The van der Waals surface area contributed by atoms with Crippen LogP contribution in [0.2, 0.25) is 0 Å². The van der Waals surface area contributed by atoms with E-state index in [0.717, 1.165) is 5.56 Å². The zero-order valence-electron chi connectivity index (χ0n) is 18.5. The van der Waals surface area contributed by atoms with Gasteiger partial charge in [-0.3, -0.25) is 9.69 Å². The largest absolute Gasteiger partial charge is 0.454 e. The summed E-state index contributed by atoms with van der Waals surface area (Å²) in [6.07, 6.45) is 1.71. The van der Waals surface area contributed by atoms with Crippen molar-refractivity contribution in [2.75, 3.05) is 17.0 Å². The summed E-state index contributed by atoms with van der Waals surface area (Å²) in [6.45, 7) is 0.0955. The van der Waals surface area contributed by atoms with E-state index in [0.29, 0.717) is 22.9 Å². The Morgan fingerprint density at radius 3 is 2.00 bits per heavy atom. The predicted octanol–water partition coefficient (Wildman–Crippen LogP) is 1.79. The summed E-state index contributed by atoms with van der Waals surface area (Å²) in [5.74, 6) is 0.735. The number of primary sulfonamides is 2. The first kappa shape index (κ1) is 23.8. The molecule has 5 N–H and O–H groups in total. The van der Waals surface area contributed by atoms with Crippen molar-refractivity contribution in [3.8, 4) is 11.5 Å². The van der Waals surface area contributed by atoms with Crippen LogP contribution in [-0.2, 0) is 24.8 Å². The fourth-order valence-corrected chi connectivity index (χ4v) is 4.99. The van der Waals surface area contributed by atoms with Gasteiger partial charge in [-0.1, -0.05) is 6.07 Å². The molecule has 3 aromatic rings. The second-order valence-electron chi connectivity index (χ2n) is 8.05. The molecular weight excluding hydrogens is 508 g/mol. The first-order valence-corrected chi connectivity index (χ1v) is 13.6. The normalized spacial score (nSPS) is 17.3. The van der Waals surface area contributed by atoms with E-state index in [2.05, 4.69) is 5.32 Å². The summed E-state index contributed by atoms with van der Waals surface area (Å²) in [5.41, 5.74) is 1.87. The predicted molar refractivity (Wildman–Crippen MR) is 130 cm³/mol. The quantitative estimate of drug-likeness (QED) is 0.435. The van der Waals surface area contributed by atoms with Crippen LogP contribution in [0.25, 0.3) is 0 Å². The minimum atomic E-state index is -3.91. The zero-order chi connectivity index (χ0) is 25.7. The Hall–Kier alpha value is -3.91. The van der Waals surface area contributed by atoms with Crippen LogP contribution in [-0.4, -0.2) is 29.5 Å². The first-order chi connectivity index (χ1) is 17.0. The molecule has 0 radical (unpaired) electrons. The van der Waals surface area contributed by atoms with Crippen LogP contribution in [0.3, 0.4) is 0 Å². The van der Waals surface area contributed by atoms with E-state index in [-0.39, 0.29) is 22.3 Å². The number of amides is 1. The molecule has 13 heteroatoms. The summed E-state index contributed by atoms with van der Waals surface area (Å²) in [4.78, 5) is 14.9. The standard InChI is InChI=1S/C23H20N4O7S2/c24-35(29,30)17-6-2-15(3-7-17)26-19-12-20(14-1-10-21-22(11-14)34-13-33-21)27(23(19)28)16-4-8-18(9-5-16)36(25,31)32/h1-12,20,26H,13H2,(H2,24,29,30)(H2,25,31,32). The van der Waals surface area contributed by atoms with Gasteiger partial charge in [0.25, 0.3) is 5.91 Å². The van der Waals surface area contributed by atoms with Crippen LogP contribution in [0, 0.1) is 0 Å². The number of ether oxygens (including phenoxy) is 2. The van der Waals surface area contributed by atoms with E-state index in [1.807, 2.05) is 0 Å². The number of hydrogen-bond donors (Lipinski definition) is 3. The molecule has 2 aliphatic heterocycles. The number of anilines is 2. The zero-order valence-corrected chi connectivity index (χ0v) is 20.1. The lowest BCUT2D eigenvalue weighted by molar-refractivity contribution is -0.114. The molecular formula is C23H20N4O7S2. The van der Waals surface area contributed by atoms with Crippen LogP contribution >= 0.6 is 0 Å². The van der Waals surface area contributed by atoms with E-state index in [1.54, 1.807) is 24.3 Å². The maximum absolute atomic E-state index is 13.5. The van der Waals surface area contributed by atoms with Gasteiger partial charge in [0.05, 0.1) is 15.8 Å². The lowest BCUT2D eigenvalue weighted by Gasteiger charge is -2.25. The SMILES string of the molecule is NS(=O)(=O)c1ccc(NC2=CC(c3ccc4c(c3)OCO4)N(c3ccc(S(N)(=O)=O)cc3)C2=O)cc1. The Morgan fingerprint density at radius 1 is 0.806 bits per heavy atom. The molecule has 0 bridgehead atoms. The molecule has 0 aromatic heterocycles. The fraction of sp³-hybridized carbons (Fsp3) is 0.0870. The molecule has 186 valence electrons. The minimum absolute atomic E-state index is 0.0606. The highest BCUT2D eigenvalue weighted by atomic mass is 32.2. The molecule has 0 fully saturated rings. The van der Waals surface area contributed by atoms with Gasteiger partial charge in [-0.05, 0) is 72.3 Å². The third-order valence-electron chi connectivity index (χ3n) is 5.70. The van der Waals surface area contributed by atoms with Gasteiger partial charge < -0.3 is 14.8 Å². The maximum Gasteiger partial charge on any atom is 0.275 e. The van der Waals surface area contributed by atoms with Gasteiger partial charge in [-0.2, -0.15) is 0 Å². The molecule has 1 amide bonds. The molecule has 0 aliphatic carbocycles. The highest BCUT2D eigenvalue weighted by Gasteiger charge is 2.35. The topological polar surface area (TPSA) is 171 Å². The van der Waals surface area contributed by atoms with Gasteiger partial charge in [-0.25, -0.2) is 27.1 Å². The number of carbonyl (C=O) groups excluding carboxylic acids is 1. The number of benzene rings is 3. The summed E-state index contributed by atoms with van der Waals surface area (Å²) in [5, 5.41) is 13.4. The van der Waals surface area contributed by atoms with E-state index in [4.69, 9.17) is 19.8 Å². The molecule has 1 atom stereocenters. The van der Waals surface area contributed by atoms with Crippen molar-refractivity contribution in [3.05, 3.63) is 84.1 Å². The van der Waals surface area contributed by atoms with Crippen molar-refractivity contribution < 1.29 is 31.1 Å². The van der Waals surface area contributed by atoms with E-state index < -0.39 is 32.0 Å². The Labute approximate surface area is 207 Å². The molecule has 3 aromatic carbocycles. The number of nitrogens with zero attached hydrogens (tertiary/aromatic N) is 1. The van der Waals surface area contributed by atoms with Gasteiger partial charge >= 0.3 is 0 Å². The molecule has 5 rings (SSSR count). The van der Waals surface area contributed by atoms with Crippen molar-refractivity contribution >= 4 is 37.3 Å². The van der Waals surface area contributed by atoms with Crippen molar-refractivity contribution in [1.29, 1.82) is 0 Å². The monoisotopic (exact) mass is 528 g/mol. The third kappa shape index (κ3) is 4.52. The second-order valence-corrected chi connectivity index (χ2v) is 11.2.